The third-order valence-corrected chi connectivity index (χ3v) is 8.05. The van der Waals surface area contributed by atoms with Crippen LogP contribution >= 0.6 is 0 Å². The molecule has 38 heavy (non-hydrogen) atoms. The lowest BCUT2D eigenvalue weighted by Gasteiger charge is -2.36. The normalized spacial score (nSPS) is 17.1. The van der Waals surface area contributed by atoms with E-state index >= 15 is 0 Å². The van der Waals surface area contributed by atoms with E-state index in [1.54, 1.807) is 0 Å². The van der Waals surface area contributed by atoms with Gasteiger partial charge in [-0.15, -0.1) is 0 Å². The number of hydrogen-bond donors (Lipinski definition) is 3. The van der Waals surface area contributed by atoms with Gasteiger partial charge < -0.3 is 25.6 Å². The van der Waals surface area contributed by atoms with E-state index in [4.69, 9.17) is 4.74 Å². The van der Waals surface area contributed by atoms with Crippen molar-refractivity contribution in [3.8, 4) is 5.75 Å². The lowest BCUT2D eigenvalue weighted by Crippen LogP contribution is -2.80. The SMILES string of the molecule is CCN(CC)c1ccc(C(=O)NC2(C(=O)NCC[NH2+]c3ccc(OC4CCCC4)cc3)CCCCC2)cc1. The van der Waals surface area contributed by atoms with Crippen LogP contribution in [-0.2, 0) is 4.79 Å². The van der Waals surface area contributed by atoms with Crippen molar-refractivity contribution >= 4 is 23.2 Å². The summed E-state index contributed by atoms with van der Waals surface area (Å²) in [5.41, 5.74) is 1.97. The molecule has 4 N–H and O–H groups in total. The van der Waals surface area contributed by atoms with Gasteiger partial charge in [-0.05, 0) is 88.8 Å². The van der Waals surface area contributed by atoms with Gasteiger partial charge in [0.15, 0.2) is 0 Å². The topological polar surface area (TPSA) is 87.3 Å². The fourth-order valence-electron chi connectivity index (χ4n) is 5.74. The minimum atomic E-state index is -0.841. The molecule has 0 aromatic heterocycles. The second-order valence-electron chi connectivity index (χ2n) is 10.7. The largest absolute Gasteiger partial charge is 0.490 e. The fourth-order valence-corrected chi connectivity index (χ4v) is 5.74. The van der Waals surface area contributed by atoms with E-state index in [0.29, 0.717) is 31.1 Å². The minimum Gasteiger partial charge on any atom is -0.490 e. The first-order valence-corrected chi connectivity index (χ1v) is 14.6. The Morgan fingerprint density at radius 1 is 0.921 bits per heavy atom. The number of ether oxygens (including phenoxy) is 1. The number of rotatable bonds is 12. The first kappa shape index (κ1) is 28.0. The van der Waals surface area contributed by atoms with Crippen LogP contribution in [0, 0.1) is 0 Å². The molecular formula is C31H45N4O3+. The molecule has 7 heteroatoms. The van der Waals surface area contributed by atoms with Crippen molar-refractivity contribution in [1.29, 1.82) is 0 Å². The summed E-state index contributed by atoms with van der Waals surface area (Å²) >= 11 is 0. The average Bonchev–Trinajstić information content (AvgIpc) is 3.46. The van der Waals surface area contributed by atoms with Crippen LogP contribution in [0.4, 0.5) is 11.4 Å². The number of nitrogens with one attached hydrogen (secondary N) is 2. The summed E-state index contributed by atoms with van der Waals surface area (Å²) in [6.45, 7) is 7.35. The Hall–Kier alpha value is -3.06. The summed E-state index contributed by atoms with van der Waals surface area (Å²) in [6, 6.07) is 15.9. The van der Waals surface area contributed by atoms with Gasteiger partial charge in [0.1, 0.15) is 17.0 Å². The summed E-state index contributed by atoms with van der Waals surface area (Å²) < 4.78 is 6.05. The molecule has 2 aliphatic rings. The predicted molar refractivity (Wildman–Crippen MR) is 152 cm³/mol. The standard InChI is InChI=1S/C31H44N4O3/c1-3-35(4-2)26-16-12-24(13-17-26)29(36)34-31(20-8-5-9-21-31)30(37)33-23-22-32-25-14-18-28(19-15-25)38-27-10-6-7-11-27/h12-19,27,32H,3-11,20-23H2,1-2H3,(H,33,37)(H,34,36)/p+1. The predicted octanol–water partition coefficient (Wildman–Crippen LogP) is 4.30. The number of nitrogens with zero attached hydrogens (tertiary/aromatic N) is 1. The van der Waals surface area contributed by atoms with Gasteiger partial charge in [0, 0.05) is 36.5 Å². The Morgan fingerprint density at radius 3 is 2.21 bits per heavy atom. The molecule has 2 aromatic rings. The van der Waals surface area contributed by atoms with Crippen LogP contribution in [0.5, 0.6) is 5.75 Å². The molecule has 0 atom stereocenters. The summed E-state index contributed by atoms with van der Waals surface area (Å²) in [7, 11) is 0. The van der Waals surface area contributed by atoms with Crippen LogP contribution in [-0.4, -0.2) is 49.6 Å². The van der Waals surface area contributed by atoms with Gasteiger partial charge >= 0.3 is 0 Å². The molecule has 0 spiro atoms. The molecule has 4 rings (SSSR count). The molecule has 206 valence electrons. The molecule has 0 saturated heterocycles. The van der Waals surface area contributed by atoms with Crippen LogP contribution in [0.25, 0.3) is 0 Å². The van der Waals surface area contributed by atoms with Crippen molar-refractivity contribution < 1.29 is 19.6 Å². The number of carbonyl (C=O) groups is 2. The highest BCUT2D eigenvalue weighted by molar-refractivity contribution is 5.99. The number of nitrogens with two attached hydrogens (primary N) is 1. The summed E-state index contributed by atoms with van der Waals surface area (Å²) in [5.74, 6) is 0.679. The van der Waals surface area contributed by atoms with Gasteiger partial charge in [-0.25, -0.2) is 0 Å². The molecule has 2 aliphatic carbocycles. The van der Waals surface area contributed by atoms with Crippen LogP contribution in [0.2, 0.25) is 0 Å². The van der Waals surface area contributed by atoms with Gasteiger partial charge in [0.25, 0.3) is 5.91 Å². The van der Waals surface area contributed by atoms with E-state index < -0.39 is 5.54 Å². The third-order valence-electron chi connectivity index (χ3n) is 8.05. The maximum atomic E-state index is 13.4. The number of quaternary nitrogens is 1. The first-order chi connectivity index (χ1) is 18.5. The lowest BCUT2D eigenvalue weighted by molar-refractivity contribution is -0.569. The van der Waals surface area contributed by atoms with Crippen molar-refractivity contribution in [3.05, 3.63) is 54.1 Å². The Balaban J connectivity index is 1.28. The molecule has 2 saturated carbocycles. The molecule has 2 aromatic carbocycles. The first-order valence-electron chi connectivity index (χ1n) is 14.6. The molecule has 2 fully saturated rings. The highest BCUT2D eigenvalue weighted by Crippen LogP contribution is 2.29. The van der Waals surface area contributed by atoms with Gasteiger partial charge in [-0.3, -0.25) is 9.59 Å². The molecule has 0 radical (unpaired) electrons. The van der Waals surface area contributed by atoms with Crippen molar-refractivity contribution in [3.63, 3.8) is 0 Å². The maximum absolute atomic E-state index is 13.4. The Bertz CT molecular complexity index is 1020. The monoisotopic (exact) mass is 521 g/mol. The van der Waals surface area contributed by atoms with E-state index in [1.165, 1.54) is 12.8 Å². The number of benzene rings is 2. The van der Waals surface area contributed by atoms with E-state index in [1.807, 2.05) is 36.4 Å². The van der Waals surface area contributed by atoms with Crippen molar-refractivity contribution in [1.82, 2.24) is 10.6 Å². The number of carbonyl (C=O) groups excluding carboxylic acids is 2. The molecule has 0 heterocycles. The average molecular weight is 522 g/mol. The van der Waals surface area contributed by atoms with Crippen molar-refractivity contribution in [2.24, 2.45) is 0 Å². The number of hydrogen-bond acceptors (Lipinski definition) is 4. The van der Waals surface area contributed by atoms with Crippen LogP contribution in [0.3, 0.4) is 0 Å². The van der Waals surface area contributed by atoms with Gasteiger partial charge in [-0.1, -0.05) is 19.3 Å². The van der Waals surface area contributed by atoms with Gasteiger partial charge in [0.05, 0.1) is 19.2 Å². The van der Waals surface area contributed by atoms with Crippen LogP contribution in [0.1, 0.15) is 82.0 Å². The summed E-state index contributed by atoms with van der Waals surface area (Å²) in [4.78, 5) is 28.8. The third kappa shape index (κ3) is 7.28. The highest BCUT2D eigenvalue weighted by atomic mass is 16.5. The molecule has 0 aliphatic heterocycles. The summed E-state index contributed by atoms with van der Waals surface area (Å²) in [5, 5.41) is 8.36. The smallest absolute Gasteiger partial charge is 0.252 e. The molecular weight excluding hydrogens is 476 g/mol. The minimum absolute atomic E-state index is 0.0703. The van der Waals surface area contributed by atoms with E-state index in [2.05, 4.69) is 46.8 Å². The fraction of sp³-hybridized carbons (Fsp3) is 0.548. The zero-order valence-corrected chi connectivity index (χ0v) is 23.1. The van der Waals surface area contributed by atoms with Gasteiger partial charge in [-0.2, -0.15) is 0 Å². The van der Waals surface area contributed by atoms with E-state index in [-0.39, 0.29) is 11.8 Å². The van der Waals surface area contributed by atoms with Crippen molar-refractivity contribution in [2.75, 3.05) is 31.1 Å². The second-order valence-corrected chi connectivity index (χ2v) is 10.7. The number of anilines is 1. The zero-order valence-electron chi connectivity index (χ0n) is 23.1. The number of amides is 2. The molecule has 2 amide bonds. The highest BCUT2D eigenvalue weighted by Gasteiger charge is 2.40. The molecule has 0 unspecified atom stereocenters. The zero-order chi connectivity index (χ0) is 26.8. The Morgan fingerprint density at radius 2 is 1.58 bits per heavy atom. The van der Waals surface area contributed by atoms with Crippen LogP contribution < -0.4 is 25.6 Å². The molecule has 0 bridgehead atoms. The molecule has 7 nitrogen and oxygen atoms in total. The van der Waals surface area contributed by atoms with Crippen molar-refractivity contribution in [2.45, 2.75) is 83.3 Å². The Labute approximate surface area is 227 Å². The Kier molecular flexibility index (Phi) is 10.0. The maximum Gasteiger partial charge on any atom is 0.252 e. The van der Waals surface area contributed by atoms with E-state index in [0.717, 1.165) is 68.9 Å². The second kappa shape index (κ2) is 13.7. The summed E-state index contributed by atoms with van der Waals surface area (Å²) in [6.07, 6.45) is 9.51. The quantitative estimate of drug-likeness (QED) is 0.287. The van der Waals surface area contributed by atoms with Gasteiger partial charge in [0.2, 0.25) is 5.91 Å². The lowest BCUT2D eigenvalue weighted by atomic mass is 9.80. The van der Waals surface area contributed by atoms with E-state index in [9.17, 15) is 9.59 Å². The van der Waals surface area contributed by atoms with Crippen LogP contribution in [0.15, 0.2) is 48.5 Å².